The first-order valence-electron chi connectivity index (χ1n) is 3.26. The van der Waals surface area contributed by atoms with E-state index in [2.05, 4.69) is 10.5 Å². The maximum Gasteiger partial charge on any atom is 0.161 e. The van der Waals surface area contributed by atoms with E-state index in [0.717, 1.165) is 0 Å². The van der Waals surface area contributed by atoms with Gasteiger partial charge in [-0.1, -0.05) is 25.3 Å². The molecule has 0 radical (unpaired) electrons. The van der Waals surface area contributed by atoms with Crippen molar-refractivity contribution in [2.24, 2.45) is 10.5 Å². The zero-order valence-electron chi connectivity index (χ0n) is 6.48. The van der Waals surface area contributed by atoms with Gasteiger partial charge in [0.05, 0.1) is 0 Å². The van der Waals surface area contributed by atoms with E-state index in [1.165, 1.54) is 0 Å². The number of hydrogen-bond acceptors (Lipinski definition) is 3. The van der Waals surface area contributed by atoms with Gasteiger partial charge < -0.3 is 0 Å². The van der Waals surface area contributed by atoms with Crippen molar-refractivity contribution in [3.63, 3.8) is 0 Å². The Morgan fingerprint density at radius 2 is 2.20 bits per heavy atom. The predicted molar refractivity (Wildman–Crippen MR) is 37.8 cm³/mol. The van der Waals surface area contributed by atoms with Crippen LogP contribution in [-0.4, -0.2) is 17.6 Å². The lowest BCUT2D eigenvalue weighted by atomic mass is 9.95. The van der Waals surface area contributed by atoms with Crippen molar-refractivity contribution in [2.45, 2.75) is 20.8 Å². The van der Waals surface area contributed by atoms with Gasteiger partial charge in [0.2, 0.25) is 0 Å². The standard InChI is InChI=1S/C6H12FN3/c1-6(2,3)5-9-8-4-10(5)7/h8H,4H2,1-3H3. The van der Waals surface area contributed by atoms with Crippen LogP contribution in [0.25, 0.3) is 0 Å². The molecule has 10 heavy (non-hydrogen) atoms. The summed E-state index contributed by atoms with van der Waals surface area (Å²) in [5, 5.41) is 4.43. The molecule has 1 heterocycles. The van der Waals surface area contributed by atoms with E-state index >= 15 is 0 Å². The molecule has 0 fully saturated rings. The van der Waals surface area contributed by atoms with Gasteiger partial charge in [0.1, 0.15) is 6.67 Å². The van der Waals surface area contributed by atoms with Crippen LogP contribution in [0.3, 0.4) is 0 Å². The molecule has 1 rings (SSSR count). The minimum atomic E-state index is -0.210. The first kappa shape index (κ1) is 7.31. The fourth-order valence-corrected chi connectivity index (χ4v) is 0.833. The molecule has 58 valence electrons. The second-order valence-electron chi connectivity index (χ2n) is 3.36. The van der Waals surface area contributed by atoms with Crippen molar-refractivity contribution < 1.29 is 4.48 Å². The molecule has 1 aliphatic rings. The van der Waals surface area contributed by atoms with Gasteiger partial charge >= 0.3 is 0 Å². The third kappa shape index (κ3) is 1.20. The Bertz CT molecular complexity index is 159. The van der Waals surface area contributed by atoms with Crippen molar-refractivity contribution >= 4 is 5.84 Å². The number of halogens is 1. The Kier molecular flexibility index (Phi) is 1.54. The van der Waals surface area contributed by atoms with E-state index in [-0.39, 0.29) is 12.1 Å². The third-order valence-corrected chi connectivity index (χ3v) is 1.30. The van der Waals surface area contributed by atoms with Gasteiger partial charge in [-0.15, -0.1) is 0 Å². The summed E-state index contributed by atoms with van der Waals surface area (Å²) in [6, 6.07) is 0. The fourth-order valence-electron chi connectivity index (χ4n) is 0.833. The van der Waals surface area contributed by atoms with Crippen LogP contribution in [0.2, 0.25) is 0 Å². The largest absolute Gasteiger partial charge is 0.286 e. The maximum atomic E-state index is 12.7. The monoisotopic (exact) mass is 145 g/mol. The van der Waals surface area contributed by atoms with Crippen LogP contribution < -0.4 is 5.43 Å². The maximum absolute atomic E-state index is 12.7. The van der Waals surface area contributed by atoms with Crippen LogP contribution in [0.4, 0.5) is 4.48 Å². The van der Waals surface area contributed by atoms with Gasteiger partial charge in [-0.3, -0.25) is 5.43 Å². The van der Waals surface area contributed by atoms with E-state index in [0.29, 0.717) is 11.0 Å². The molecule has 0 aliphatic carbocycles. The van der Waals surface area contributed by atoms with Gasteiger partial charge in [-0.2, -0.15) is 10.2 Å². The van der Waals surface area contributed by atoms with Crippen molar-refractivity contribution in [1.82, 2.24) is 10.5 Å². The molecule has 0 atom stereocenters. The molecule has 3 nitrogen and oxygen atoms in total. The molecule has 0 unspecified atom stereocenters. The quantitative estimate of drug-likeness (QED) is 0.517. The Balaban J connectivity index is 2.72. The highest BCUT2D eigenvalue weighted by Gasteiger charge is 2.28. The summed E-state index contributed by atoms with van der Waals surface area (Å²) >= 11 is 0. The summed E-state index contributed by atoms with van der Waals surface area (Å²) in [5.74, 6) is 0.465. The number of nitrogens with one attached hydrogen (secondary N) is 1. The Hall–Kier alpha value is -0.800. The molecule has 0 bridgehead atoms. The van der Waals surface area contributed by atoms with E-state index in [1.807, 2.05) is 20.8 Å². The van der Waals surface area contributed by atoms with Gasteiger partial charge in [-0.25, -0.2) is 0 Å². The van der Waals surface area contributed by atoms with Crippen LogP contribution in [0.15, 0.2) is 5.10 Å². The highest BCUT2D eigenvalue weighted by atomic mass is 19.2. The van der Waals surface area contributed by atoms with Crippen LogP contribution in [0.5, 0.6) is 0 Å². The minimum Gasteiger partial charge on any atom is -0.286 e. The van der Waals surface area contributed by atoms with Crippen LogP contribution >= 0.6 is 0 Å². The average Bonchev–Trinajstić information content (AvgIpc) is 2.11. The lowest BCUT2D eigenvalue weighted by Gasteiger charge is -2.20. The number of hydrazone groups is 1. The van der Waals surface area contributed by atoms with E-state index in [9.17, 15) is 4.48 Å². The number of rotatable bonds is 0. The normalized spacial score (nSPS) is 18.8. The lowest BCUT2D eigenvalue weighted by molar-refractivity contribution is 0.115. The average molecular weight is 145 g/mol. The highest BCUT2D eigenvalue weighted by molar-refractivity contribution is 5.86. The Labute approximate surface area is 59.8 Å². The summed E-state index contributed by atoms with van der Waals surface area (Å²) < 4.78 is 12.7. The topological polar surface area (TPSA) is 27.6 Å². The van der Waals surface area contributed by atoms with Crippen molar-refractivity contribution in [3.05, 3.63) is 0 Å². The molecule has 4 heteroatoms. The Morgan fingerprint density at radius 1 is 1.60 bits per heavy atom. The van der Waals surface area contributed by atoms with Crippen molar-refractivity contribution in [2.75, 3.05) is 6.67 Å². The number of amidine groups is 1. The van der Waals surface area contributed by atoms with Crippen LogP contribution in [-0.2, 0) is 0 Å². The summed E-state index contributed by atoms with van der Waals surface area (Å²) in [6.45, 7) is 5.94. The van der Waals surface area contributed by atoms with Crippen LogP contribution in [0.1, 0.15) is 20.8 Å². The zero-order chi connectivity index (χ0) is 7.78. The summed E-state index contributed by atoms with van der Waals surface area (Å²) in [6.07, 6.45) is 0. The van der Waals surface area contributed by atoms with Gasteiger partial charge in [0, 0.05) is 5.41 Å². The molecule has 0 saturated heterocycles. The molecule has 0 spiro atoms. The molecule has 0 aromatic carbocycles. The molecule has 1 aliphatic heterocycles. The smallest absolute Gasteiger partial charge is 0.161 e. The van der Waals surface area contributed by atoms with Crippen molar-refractivity contribution in [3.8, 4) is 0 Å². The summed E-state index contributed by atoms with van der Waals surface area (Å²) in [4.78, 5) is 0. The molecule has 0 amide bonds. The first-order valence-corrected chi connectivity index (χ1v) is 3.26. The molecular formula is C6H12FN3. The summed E-state index contributed by atoms with van der Waals surface area (Å²) in [7, 11) is 0. The fraction of sp³-hybridized carbons (Fsp3) is 0.833. The SMILES string of the molecule is CC(C)(C)C1=NNCN1F. The number of hydrogen-bond donors (Lipinski definition) is 1. The molecule has 0 saturated carbocycles. The minimum absolute atomic E-state index is 0.173. The predicted octanol–water partition coefficient (Wildman–Crippen LogP) is 1.09. The highest BCUT2D eigenvalue weighted by Crippen LogP contribution is 2.20. The summed E-state index contributed by atoms with van der Waals surface area (Å²) in [5.41, 5.74) is 2.36. The van der Waals surface area contributed by atoms with Gasteiger partial charge in [0.15, 0.2) is 5.84 Å². The second kappa shape index (κ2) is 2.11. The number of nitrogens with zero attached hydrogens (tertiary/aromatic N) is 2. The first-order chi connectivity index (χ1) is 4.52. The Morgan fingerprint density at radius 3 is 2.40 bits per heavy atom. The van der Waals surface area contributed by atoms with Gasteiger partial charge in [0.25, 0.3) is 0 Å². The van der Waals surface area contributed by atoms with Crippen molar-refractivity contribution in [1.29, 1.82) is 0 Å². The lowest BCUT2D eigenvalue weighted by Crippen LogP contribution is -2.31. The van der Waals surface area contributed by atoms with E-state index in [4.69, 9.17) is 0 Å². The van der Waals surface area contributed by atoms with E-state index < -0.39 is 0 Å². The zero-order valence-corrected chi connectivity index (χ0v) is 6.48. The molecule has 1 N–H and O–H groups in total. The molecule has 0 aromatic heterocycles. The van der Waals surface area contributed by atoms with Gasteiger partial charge in [-0.05, 0) is 0 Å². The second-order valence-corrected chi connectivity index (χ2v) is 3.36. The molecular weight excluding hydrogens is 133 g/mol. The van der Waals surface area contributed by atoms with Crippen LogP contribution in [0, 0.1) is 5.41 Å². The third-order valence-electron chi connectivity index (χ3n) is 1.30. The molecule has 0 aromatic rings. The van der Waals surface area contributed by atoms with E-state index in [1.54, 1.807) is 0 Å².